The van der Waals surface area contributed by atoms with Crippen molar-refractivity contribution in [1.29, 1.82) is 0 Å². The number of hydrogen-bond donors (Lipinski definition) is 2. The molecule has 1 unspecified atom stereocenters. The molecule has 0 rings (SSSR count). The highest BCUT2D eigenvalue weighted by molar-refractivity contribution is 5.81. The van der Waals surface area contributed by atoms with Gasteiger partial charge in [0, 0.05) is 19.0 Å². The number of rotatable bonds is 5. The van der Waals surface area contributed by atoms with Crippen molar-refractivity contribution in [3.8, 4) is 0 Å². The molecule has 0 bridgehead atoms. The van der Waals surface area contributed by atoms with Crippen molar-refractivity contribution in [2.24, 2.45) is 11.1 Å². The highest BCUT2D eigenvalue weighted by Crippen LogP contribution is 2.20. The van der Waals surface area contributed by atoms with E-state index < -0.39 is 5.97 Å². The van der Waals surface area contributed by atoms with Gasteiger partial charge in [0.15, 0.2) is 0 Å². The third-order valence-corrected chi connectivity index (χ3v) is 2.57. The van der Waals surface area contributed by atoms with Gasteiger partial charge < -0.3 is 15.7 Å². The molecule has 94 valence electrons. The minimum absolute atomic E-state index is 0.154. The van der Waals surface area contributed by atoms with Gasteiger partial charge in [0.05, 0.1) is 0 Å². The standard InChI is InChI=1S/C11H22N2O3/c1-5-13(7-10(15)16)9(14)6-8(12)11(2,3)4/h8H,5-7,12H2,1-4H3,(H,15,16). The molecule has 5 nitrogen and oxygen atoms in total. The maximum atomic E-state index is 11.7. The summed E-state index contributed by atoms with van der Waals surface area (Å²) in [4.78, 5) is 23.6. The Hall–Kier alpha value is -1.10. The number of carboxylic acid groups (broad SMARTS) is 1. The fraction of sp³-hybridized carbons (Fsp3) is 0.818. The summed E-state index contributed by atoms with van der Waals surface area (Å²) in [6, 6.07) is -0.261. The third-order valence-electron chi connectivity index (χ3n) is 2.57. The molecule has 0 aliphatic rings. The Bertz CT molecular complexity index is 258. The smallest absolute Gasteiger partial charge is 0.323 e. The van der Waals surface area contributed by atoms with E-state index in [1.54, 1.807) is 6.92 Å². The van der Waals surface area contributed by atoms with E-state index in [1.807, 2.05) is 20.8 Å². The molecule has 1 amide bonds. The maximum Gasteiger partial charge on any atom is 0.323 e. The van der Waals surface area contributed by atoms with Crippen LogP contribution >= 0.6 is 0 Å². The second-order valence-electron chi connectivity index (χ2n) is 4.98. The van der Waals surface area contributed by atoms with Crippen LogP contribution in [0.25, 0.3) is 0 Å². The van der Waals surface area contributed by atoms with Crippen molar-refractivity contribution < 1.29 is 14.7 Å². The lowest BCUT2D eigenvalue weighted by Crippen LogP contribution is -2.43. The average molecular weight is 230 g/mol. The first-order chi connectivity index (χ1) is 7.18. The summed E-state index contributed by atoms with van der Waals surface area (Å²) in [6.07, 6.45) is 0.185. The van der Waals surface area contributed by atoms with Gasteiger partial charge in [0.25, 0.3) is 0 Å². The van der Waals surface area contributed by atoms with Crippen molar-refractivity contribution in [2.75, 3.05) is 13.1 Å². The summed E-state index contributed by atoms with van der Waals surface area (Å²) in [6.45, 7) is 7.76. The predicted octanol–water partition coefficient (Wildman–Crippen LogP) is 0.683. The van der Waals surface area contributed by atoms with Crippen LogP contribution in [0.3, 0.4) is 0 Å². The molecule has 0 aliphatic heterocycles. The Balaban J connectivity index is 4.37. The van der Waals surface area contributed by atoms with Crippen LogP contribution in [0.1, 0.15) is 34.1 Å². The van der Waals surface area contributed by atoms with E-state index in [9.17, 15) is 9.59 Å². The number of carbonyl (C=O) groups excluding carboxylic acids is 1. The molecule has 0 aromatic rings. The number of amides is 1. The number of hydrogen-bond acceptors (Lipinski definition) is 3. The molecule has 0 heterocycles. The van der Waals surface area contributed by atoms with Crippen LogP contribution in [0.2, 0.25) is 0 Å². The second kappa shape index (κ2) is 5.84. The van der Waals surface area contributed by atoms with Gasteiger partial charge >= 0.3 is 5.97 Å². The molecule has 1 atom stereocenters. The fourth-order valence-corrected chi connectivity index (χ4v) is 1.16. The zero-order chi connectivity index (χ0) is 12.9. The van der Waals surface area contributed by atoms with E-state index in [4.69, 9.17) is 10.8 Å². The Morgan fingerprint density at radius 1 is 1.38 bits per heavy atom. The molecule has 16 heavy (non-hydrogen) atoms. The minimum atomic E-state index is -1.00. The van der Waals surface area contributed by atoms with Crippen LogP contribution in [-0.4, -0.2) is 41.0 Å². The molecule has 0 aliphatic carbocycles. The summed E-state index contributed by atoms with van der Waals surface area (Å²) < 4.78 is 0. The molecule has 0 saturated heterocycles. The lowest BCUT2D eigenvalue weighted by Gasteiger charge is -2.28. The molecular weight excluding hydrogens is 208 g/mol. The number of carboxylic acids is 1. The molecule has 3 N–H and O–H groups in total. The van der Waals surface area contributed by atoms with Crippen molar-refractivity contribution in [2.45, 2.75) is 40.2 Å². The quantitative estimate of drug-likeness (QED) is 0.727. The zero-order valence-corrected chi connectivity index (χ0v) is 10.5. The Morgan fingerprint density at radius 3 is 2.19 bits per heavy atom. The molecule has 0 spiro atoms. The van der Waals surface area contributed by atoms with E-state index in [-0.39, 0.29) is 30.3 Å². The van der Waals surface area contributed by atoms with Crippen LogP contribution in [-0.2, 0) is 9.59 Å². The zero-order valence-electron chi connectivity index (χ0n) is 10.5. The number of carbonyl (C=O) groups is 2. The van der Waals surface area contributed by atoms with Gasteiger partial charge in [0.2, 0.25) is 5.91 Å². The predicted molar refractivity (Wildman–Crippen MR) is 61.9 cm³/mol. The van der Waals surface area contributed by atoms with Crippen molar-refractivity contribution >= 4 is 11.9 Å². The van der Waals surface area contributed by atoms with Crippen molar-refractivity contribution in [3.63, 3.8) is 0 Å². The lowest BCUT2D eigenvalue weighted by molar-refractivity contribution is -0.144. The summed E-state index contributed by atoms with van der Waals surface area (Å²) in [5.41, 5.74) is 5.73. The highest BCUT2D eigenvalue weighted by Gasteiger charge is 2.25. The summed E-state index contributed by atoms with van der Waals surface area (Å²) in [5, 5.41) is 8.63. The Morgan fingerprint density at radius 2 is 1.88 bits per heavy atom. The number of likely N-dealkylation sites (N-methyl/N-ethyl adjacent to an activating group) is 1. The van der Waals surface area contributed by atoms with Gasteiger partial charge in [-0.3, -0.25) is 9.59 Å². The fourth-order valence-electron chi connectivity index (χ4n) is 1.16. The molecule has 0 aromatic heterocycles. The molecule has 0 radical (unpaired) electrons. The van der Waals surface area contributed by atoms with Crippen LogP contribution in [0.15, 0.2) is 0 Å². The molecule has 0 saturated carbocycles. The van der Waals surface area contributed by atoms with Crippen molar-refractivity contribution in [3.05, 3.63) is 0 Å². The molecule has 0 fully saturated rings. The van der Waals surface area contributed by atoms with E-state index >= 15 is 0 Å². The summed E-state index contributed by atoms with van der Waals surface area (Å²) in [7, 11) is 0. The number of nitrogens with two attached hydrogens (primary N) is 1. The summed E-state index contributed by atoms with van der Waals surface area (Å²) in [5.74, 6) is -1.20. The van der Waals surface area contributed by atoms with Gasteiger partial charge in [0.1, 0.15) is 6.54 Å². The average Bonchev–Trinajstić information content (AvgIpc) is 2.11. The van der Waals surface area contributed by atoms with Crippen molar-refractivity contribution in [1.82, 2.24) is 4.90 Å². The first-order valence-electron chi connectivity index (χ1n) is 5.43. The van der Waals surface area contributed by atoms with Crippen LogP contribution < -0.4 is 5.73 Å². The third kappa shape index (κ3) is 5.11. The number of aliphatic carboxylic acids is 1. The Labute approximate surface area is 96.6 Å². The van der Waals surface area contributed by atoms with E-state index in [0.29, 0.717) is 6.54 Å². The first-order valence-corrected chi connectivity index (χ1v) is 5.43. The topological polar surface area (TPSA) is 83.6 Å². The van der Waals surface area contributed by atoms with Crippen LogP contribution in [0, 0.1) is 5.41 Å². The highest BCUT2D eigenvalue weighted by atomic mass is 16.4. The molecule has 5 heteroatoms. The van der Waals surface area contributed by atoms with E-state index in [2.05, 4.69) is 0 Å². The minimum Gasteiger partial charge on any atom is -0.480 e. The molecule has 0 aromatic carbocycles. The normalized spacial score (nSPS) is 13.3. The largest absolute Gasteiger partial charge is 0.480 e. The summed E-state index contributed by atoms with van der Waals surface area (Å²) >= 11 is 0. The van der Waals surface area contributed by atoms with Gasteiger partial charge in [-0.15, -0.1) is 0 Å². The second-order valence-corrected chi connectivity index (χ2v) is 4.98. The van der Waals surface area contributed by atoms with E-state index in [1.165, 1.54) is 4.90 Å². The monoisotopic (exact) mass is 230 g/mol. The SMILES string of the molecule is CCN(CC(=O)O)C(=O)CC(N)C(C)(C)C. The lowest BCUT2D eigenvalue weighted by atomic mass is 9.85. The maximum absolute atomic E-state index is 11.7. The van der Waals surface area contributed by atoms with Crippen LogP contribution in [0.4, 0.5) is 0 Å². The van der Waals surface area contributed by atoms with Crippen LogP contribution in [0.5, 0.6) is 0 Å². The molecular formula is C11H22N2O3. The van der Waals surface area contributed by atoms with Gasteiger partial charge in [-0.05, 0) is 12.3 Å². The van der Waals surface area contributed by atoms with E-state index in [0.717, 1.165) is 0 Å². The first kappa shape index (κ1) is 14.9. The van der Waals surface area contributed by atoms with Gasteiger partial charge in [-0.25, -0.2) is 0 Å². The van der Waals surface area contributed by atoms with Gasteiger partial charge in [-0.1, -0.05) is 20.8 Å². The Kier molecular flexibility index (Phi) is 5.44. The number of nitrogens with zero attached hydrogens (tertiary/aromatic N) is 1. The van der Waals surface area contributed by atoms with Gasteiger partial charge in [-0.2, -0.15) is 0 Å².